The molecule has 116 valence electrons. The number of hydrogen-bond acceptors (Lipinski definition) is 3. The van der Waals surface area contributed by atoms with Gasteiger partial charge < -0.3 is 9.64 Å². The van der Waals surface area contributed by atoms with E-state index < -0.39 is 0 Å². The normalized spacial score (nSPS) is 17.8. The summed E-state index contributed by atoms with van der Waals surface area (Å²) >= 11 is 1.64. The van der Waals surface area contributed by atoms with Gasteiger partial charge >= 0.3 is 0 Å². The van der Waals surface area contributed by atoms with Gasteiger partial charge in [0.15, 0.2) is 0 Å². The van der Waals surface area contributed by atoms with Crippen LogP contribution in [-0.2, 0) is 9.53 Å². The molecular formula is C17H25NO2S. The molecule has 0 radical (unpaired) electrons. The van der Waals surface area contributed by atoms with Gasteiger partial charge in [0.1, 0.15) is 0 Å². The first-order valence-electron chi connectivity index (χ1n) is 7.74. The van der Waals surface area contributed by atoms with E-state index in [1.165, 1.54) is 5.56 Å². The molecule has 1 aromatic carbocycles. The van der Waals surface area contributed by atoms with Crippen LogP contribution in [0.15, 0.2) is 29.2 Å². The second kappa shape index (κ2) is 7.85. The summed E-state index contributed by atoms with van der Waals surface area (Å²) in [5.74, 6) is 0.246. The number of amides is 1. The Kier molecular flexibility index (Phi) is 6.12. The zero-order valence-electron chi connectivity index (χ0n) is 13.2. The van der Waals surface area contributed by atoms with Crippen LogP contribution in [0.4, 0.5) is 0 Å². The van der Waals surface area contributed by atoms with E-state index in [0.717, 1.165) is 37.4 Å². The van der Waals surface area contributed by atoms with Gasteiger partial charge in [-0.05, 0) is 45.7 Å². The van der Waals surface area contributed by atoms with Gasteiger partial charge in [0.05, 0.1) is 11.4 Å². The van der Waals surface area contributed by atoms with E-state index in [2.05, 4.69) is 31.2 Å². The first-order chi connectivity index (χ1) is 10.1. The Morgan fingerprint density at radius 1 is 1.33 bits per heavy atom. The monoisotopic (exact) mass is 307 g/mol. The number of benzene rings is 1. The first-order valence-corrected chi connectivity index (χ1v) is 8.62. The summed E-state index contributed by atoms with van der Waals surface area (Å²) in [6.07, 6.45) is 2.25. The maximum atomic E-state index is 12.5. The molecule has 1 fully saturated rings. The van der Waals surface area contributed by atoms with Gasteiger partial charge in [0.25, 0.3) is 0 Å². The fourth-order valence-corrected chi connectivity index (χ4v) is 3.56. The van der Waals surface area contributed by atoms with Gasteiger partial charge in [0.2, 0.25) is 5.91 Å². The Bertz CT molecular complexity index is 452. The third-order valence-electron chi connectivity index (χ3n) is 3.84. The molecule has 1 aromatic rings. The molecular weight excluding hydrogens is 282 g/mol. The quantitative estimate of drug-likeness (QED) is 0.780. The molecule has 0 aromatic heterocycles. The van der Waals surface area contributed by atoms with E-state index in [9.17, 15) is 4.79 Å². The van der Waals surface area contributed by atoms with Gasteiger partial charge in [0, 0.05) is 24.6 Å². The number of likely N-dealkylation sites (tertiary alicyclic amines) is 1. The number of thioether (sulfide) groups is 1. The van der Waals surface area contributed by atoms with Crippen molar-refractivity contribution in [2.45, 2.75) is 49.9 Å². The number of aryl methyl sites for hydroxylation is 1. The Balaban J connectivity index is 1.84. The minimum absolute atomic E-state index is 0.0312. The topological polar surface area (TPSA) is 29.5 Å². The Labute approximate surface area is 132 Å². The number of carbonyl (C=O) groups excluding carboxylic acids is 1. The van der Waals surface area contributed by atoms with Crippen LogP contribution in [0.25, 0.3) is 0 Å². The van der Waals surface area contributed by atoms with Crippen molar-refractivity contribution in [3.63, 3.8) is 0 Å². The third kappa shape index (κ3) is 4.75. The highest BCUT2D eigenvalue weighted by atomic mass is 32.2. The minimum atomic E-state index is -0.0312. The van der Waals surface area contributed by atoms with Crippen LogP contribution in [-0.4, -0.2) is 41.9 Å². The Morgan fingerprint density at radius 3 is 2.52 bits per heavy atom. The predicted octanol–water partition coefficient (Wildman–Crippen LogP) is 3.50. The second-order valence-corrected chi connectivity index (χ2v) is 6.97. The lowest BCUT2D eigenvalue weighted by molar-refractivity contribution is -0.132. The van der Waals surface area contributed by atoms with E-state index in [-0.39, 0.29) is 11.2 Å². The summed E-state index contributed by atoms with van der Waals surface area (Å²) in [6.45, 7) is 8.51. The van der Waals surface area contributed by atoms with Gasteiger partial charge in [-0.25, -0.2) is 0 Å². The lowest BCUT2D eigenvalue weighted by atomic mass is 10.1. The zero-order chi connectivity index (χ0) is 15.2. The van der Waals surface area contributed by atoms with E-state index >= 15 is 0 Å². The smallest absolute Gasteiger partial charge is 0.235 e. The standard InChI is InChI=1S/C17H25NO2S/c1-4-20-15-9-11-18(12-10-15)17(19)14(3)21-16-7-5-13(2)6-8-16/h5-8,14-15H,4,9-12H2,1-3H3. The lowest BCUT2D eigenvalue weighted by Crippen LogP contribution is -2.44. The highest BCUT2D eigenvalue weighted by Gasteiger charge is 2.26. The van der Waals surface area contributed by atoms with Crippen molar-refractivity contribution >= 4 is 17.7 Å². The number of carbonyl (C=O) groups is 1. The summed E-state index contributed by atoms with van der Waals surface area (Å²) in [4.78, 5) is 15.6. The van der Waals surface area contributed by atoms with Gasteiger partial charge in [-0.3, -0.25) is 4.79 Å². The summed E-state index contributed by atoms with van der Waals surface area (Å²) in [5, 5.41) is -0.0312. The molecule has 1 heterocycles. The molecule has 1 aliphatic rings. The molecule has 0 N–H and O–H groups in total. The van der Waals surface area contributed by atoms with E-state index in [0.29, 0.717) is 6.10 Å². The van der Waals surface area contributed by atoms with Crippen molar-refractivity contribution in [1.82, 2.24) is 4.90 Å². The Hall–Kier alpha value is -1.00. The maximum Gasteiger partial charge on any atom is 0.235 e. The van der Waals surface area contributed by atoms with Crippen molar-refractivity contribution in [2.24, 2.45) is 0 Å². The molecule has 0 aliphatic carbocycles. The van der Waals surface area contributed by atoms with E-state index in [1.54, 1.807) is 11.8 Å². The minimum Gasteiger partial charge on any atom is -0.378 e. The van der Waals surface area contributed by atoms with Crippen LogP contribution in [0.2, 0.25) is 0 Å². The molecule has 1 aliphatic heterocycles. The molecule has 3 nitrogen and oxygen atoms in total. The van der Waals surface area contributed by atoms with Gasteiger partial charge in [-0.2, -0.15) is 0 Å². The molecule has 21 heavy (non-hydrogen) atoms. The number of nitrogens with zero attached hydrogens (tertiary/aromatic N) is 1. The number of piperidine rings is 1. The summed E-state index contributed by atoms with van der Waals surface area (Å²) in [6, 6.07) is 8.36. The van der Waals surface area contributed by atoms with Crippen LogP contribution in [0, 0.1) is 6.92 Å². The molecule has 1 amide bonds. The third-order valence-corrected chi connectivity index (χ3v) is 4.94. The molecule has 2 rings (SSSR count). The summed E-state index contributed by atoms with van der Waals surface area (Å²) in [7, 11) is 0. The van der Waals surface area contributed by atoms with Gasteiger partial charge in [-0.15, -0.1) is 11.8 Å². The molecule has 4 heteroatoms. The number of hydrogen-bond donors (Lipinski definition) is 0. The molecule has 1 atom stereocenters. The molecule has 1 saturated heterocycles. The average Bonchev–Trinajstić information content (AvgIpc) is 2.50. The van der Waals surface area contributed by atoms with Crippen LogP contribution in [0.3, 0.4) is 0 Å². The van der Waals surface area contributed by atoms with Crippen LogP contribution in [0.5, 0.6) is 0 Å². The summed E-state index contributed by atoms with van der Waals surface area (Å²) in [5.41, 5.74) is 1.25. The SMILES string of the molecule is CCOC1CCN(C(=O)C(C)Sc2ccc(C)cc2)CC1. The fourth-order valence-electron chi connectivity index (χ4n) is 2.61. The number of rotatable bonds is 5. The zero-order valence-corrected chi connectivity index (χ0v) is 14.0. The predicted molar refractivity (Wildman–Crippen MR) is 87.7 cm³/mol. The van der Waals surface area contributed by atoms with Gasteiger partial charge in [-0.1, -0.05) is 17.7 Å². The van der Waals surface area contributed by atoms with Crippen LogP contribution >= 0.6 is 11.8 Å². The Morgan fingerprint density at radius 2 is 1.95 bits per heavy atom. The van der Waals surface area contributed by atoms with Crippen molar-refractivity contribution in [3.8, 4) is 0 Å². The highest BCUT2D eigenvalue weighted by Crippen LogP contribution is 2.26. The van der Waals surface area contributed by atoms with E-state index in [1.807, 2.05) is 18.7 Å². The molecule has 0 spiro atoms. The highest BCUT2D eigenvalue weighted by molar-refractivity contribution is 8.00. The largest absolute Gasteiger partial charge is 0.378 e. The fraction of sp³-hybridized carbons (Fsp3) is 0.588. The molecule has 0 saturated carbocycles. The van der Waals surface area contributed by atoms with Crippen molar-refractivity contribution in [2.75, 3.05) is 19.7 Å². The van der Waals surface area contributed by atoms with Crippen molar-refractivity contribution in [3.05, 3.63) is 29.8 Å². The second-order valence-electron chi connectivity index (χ2n) is 5.55. The van der Waals surface area contributed by atoms with E-state index in [4.69, 9.17) is 4.74 Å². The summed E-state index contributed by atoms with van der Waals surface area (Å²) < 4.78 is 5.64. The van der Waals surface area contributed by atoms with Crippen LogP contribution in [0.1, 0.15) is 32.3 Å². The lowest BCUT2D eigenvalue weighted by Gasteiger charge is -2.33. The molecule has 1 unspecified atom stereocenters. The van der Waals surface area contributed by atoms with Crippen LogP contribution < -0.4 is 0 Å². The first kappa shape index (κ1) is 16.4. The van der Waals surface area contributed by atoms with Crippen molar-refractivity contribution in [1.29, 1.82) is 0 Å². The maximum absolute atomic E-state index is 12.5. The number of ether oxygens (including phenoxy) is 1. The average molecular weight is 307 g/mol. The molecule has 0 bridgehead atoms. The van der Waals surface area contributed by atoms with Crippen molar-refractivity contribution < 1.29 is 9.53 Å².